The number of benzene rings is 1. The number of hydrogen-bond donors (Lipinski definition) is 1. The van der Waals surface area contributed by atoms with E-state index in [2.05, 4.69) is 16.9 Å². The Labute approximate surface area is 71.2 Å². The third kappa shape index (κ3) is 5.43. The highest BCUT2D eigenvalue weighted by molar-refractivity contribution is 6.54. The minimum Gasteiger partial charge on any atom is -0.388 e. The lowest BCUT2D eigenvalue weighted by molar-refractivity contribution is 0.569. The van der Waals surface area contributed by atoms with E-state index in [-0.39, 0.29) is 5.75 Å². The van der Waals surface area contributed by atoms with Crippen molar-refractivity contribution in [1.29, 1.82) is 0 Å². The summed E-state index contributed by atoms with van der Waals surface area (Å²) in [6.07, 6.45) is 0. The van der Waals surface area contributed by atoms with Gasteiger partial charge in [-0.05, 0) is 23.7 Å². The van der Waals surface area contributed by atoms with Crippen molar-refractivity contribution in [1.82, 2.24) is 0 Å². The summed E-state index contributed by atoms with van der Waals surface area (Å²) in [4.78, 5) is 8.57. The molecule has 3 heteroatoms. The van der Waals surface area contributed by atoms with Crippen LogP contribution in [0.1, 0.15) is 0 Å². The molecule has 60 valence electrons. The molecule has 0 aliphatic carbocycles. The largest absolute Gasteiger partial charge is 0.388 e. The lowest BCUT2D eigenvalue weighted by Gasteiger charge is -1.94. The Balaban J connectivity index is 0.000000292. The number of nitrogens with one attached hydrogen (secondary N) is 1. The maximum atomic E-state index is 8.57. The van der Waals surface area contributed by atoms with Gasteiger partial charge in [-0.15, -0.1) is 0 Å². The SMILES string of the molecule is CNc1ccccc1.O=CCl. The standard InChI is InChI=1S/C7H9N.CHClO/c1-8-7-5-3-2-4-6-7;2-1-3/h2-6,8H,1H3;1H. The molecule has 0 aromatic heterocycles. The first kappa shape index (κ1) is 9.98. The Hall–Kier alpha value is -1.02. The molecule has 0 aliphatic rings. The topological polar surface area (TPSA) is 29.1 Å². The molecule has 0 aliphatic heterocycles. The molecule has 0 heterocycles. The zero-order valence-corrected chi connectivity index (χ0v) is 7.01. The molecule has 0 saturated carbocycles. The molecular formula is C8H10ClNO. The molecule has 0 unspecified atom stereocenters. The van der Waals surface area contributed by atoms with E-state index in [1.54, 1.807) is 0 Å². The molecule has 0 bridgehead atoms. The summed E-state index contributed by atoms with van der Waals surface area (Å²) in [5, 5.41) is 3.03. The molecule has 0 spiro atoms. The third-order valence-electron chi connectivity index (χ3n) is 1.06. The Morgan fingerprint density at radius 3 is 2.09 bits per heavy atom. The Morgan fingerprint density at radius 1 is 1.36 bits per heavy atom. The average Bonchev–Trinajstić information content (AvgIpc) is 2.08. The smallest absolute Gasteiger partial charge is 0.208 e. The molecule has 11 heavy (non-hydrogen) atoms. The van der Waals surface area contributed by atoms with Crippen LogP contribution in [-0.4, -0.2) is 12.8 Å². The van der Waals surface area contributed by atoms with Crippen LogP contribution in [0.25, 0.3) is 0 Å². The van der Waals surface area contributed by atoms with E-state index >= 15 is 0 Å². The van der Waals surface area contributed by atoms with Gasteiger partial charge in [-0.1, -0.05) is 18.2 Å². The molecule has 0 atom stereocenters. The summed E-state index contributed by atoms with van der Waals surface area (Å²) in [6.45, 7) is 0. The molecule has 0 saturated heterocycles. The summed E-state index contributed by atoms with van der Waals surface area (Å²) >= 11 is 4.32. The van der Waals surface area contributed by atoms with E-state index in [0.717, 1.165) is 5.69 Å². The number of para-hydroxylation sites is 1. The minimum absolute atomic E-state index is 0.222. The van der Waals surface area contributed by atoms with Crippen LogP contribution in [0.5, 0.6) is 0 Å². The Morgan fingerprint density at radius 2 is 1.82 bits per heavy atom. The Bertz CT molecular complexity index is 189. The highest BCUT2D eigenvalue weighted by Gasteiger charge is 1.77. The lowest BCUT2D eigenvalue weighted by Crippen LogP contribution is -1.84. The van der Waals surface area contributed by atoms with Crippen LogP contribution < -0.4 is 5.32 Å². The van der Waals surface area contributed by atoms with Gasteiger partial charge in [0.2, 0.25) is 5.75 Å². The van der Waals surface area contributed by atoms with Crippen molar-refractivity contribution in [3.05, 3.63) is 30.3 Å². The first-order valence-electron chi connectivity index (χ1n) is 3.11. The number of anilines is 1. The van der Waals surface area contributed by atoms with Crippen LogP contribution in [0.4, 0.5) is 5.69 Å². The van der Waals surface area contributed by atoms with Crippen molar-refractivity contribution < 1.29 is 4.79 Å². The maximum Gasteiger partial charge on any atom is 0.208 e. The predicted molar refractivity (Wildman–Crippen MR) is 48.6 cm³/mol. The van der Waals surface area contributed by atoms with E-state index in [1.165, 1.54) is 0 Å². The molecule has 1 N–H and O–H groups in total. The first-order valence-corrected chi connectivity index (χ1v) is 3.55. The maximum absolute atomic E-state index is 8.57. The van der Waals surface area contributed by atoms with E-state index < -0.39 is 0 Å². The van der Waals surface area contributed by atoms with E-state index in [0.29, 0.717) is 0 Å². The molecule has 0 radical (unpaired) electrons. The first-order chi connectivity index (χ1) is 5.35. The highest BCUT2D eigenvalue weighted by Crippen LogP contribution is 2.01. The van der Waals surface area contributed by atoms with Crippen LogP contribution in [-0.2, 0) is 4.79 Å². The summed E-state index contributed by atoms with van der Waals surface area (Å²) in [5.41, 5.74) is 1.16. The molecule has 1 aromatic carbocycles. The van der Waals surface area contributed by atoms with Crippen LogP contribution >= 0.6 is 11.6 Å². The second-order valence-electron chi connectivity index (χ2n) is 1.71. The van der Waals surface area contributed by atoms with Gasteiger partial charge in [-0.3, -0.25) is 4.79 Å². The van der Waals surface area contributed by atoms with Gasteiger partial charge >= 0.3 is 0 Å². The summed E-state index contributed by atoms with van der Waals surface area (Å²) < 4.78 is 0. The zero-order valence-electron chi connectivity index (χ0n) is 6.25. The molecule has 2 nitrogen and oxygen atoms in total. The van der Waals surface area contributed by atoms with Crippen molar-refractivity contribution in [3.8, 4) is 0 Å². The third-order valence-corrected chi connectivity index (χ3v) is 1.06. The second kappa shape index (κ2) is 7.09. The molecule has 0 fully saturated rings. The van der Waals surface area contributed by atoms with Gasteiger partial charge in [-0.2, -0.15) is 0 Å². The molecule has 1 rings (SSSR count). The predicted octanol–water partition coefficient (Wildman–Crippen LogP) is 2.14. The fraction of sp³-hybridized carbons (Fsp3) is 0.125. The summed E-state index contributed by atoms with van der Waals surface area (Å²) in [6, 6.07) is 10.1. The van der Waals surface area contributed by atoms with Gasteiger partial charge < -0.3 is 5.32 Å². The summed E-state index contributed by atoms with van der Waals surface area (Å²) in [5.74, 6) is 0.222. The van der Waals surface area contributed by atoms with Gasteiger partial charge in [0.05, 0.1) is 0 Å². The monoisotopic (exact) mass is 171 g/mol. The quantitative estimate of drug-likeness (QED) is 0.518. The van der Waals surface area contributed by atoms with Crippen molar-refractivity contribution in [3.63, 3.8) is 0 Å². The fourth-order valence-electron chi connectivity index (χ4n) is 0.605. The van der Waals surface area contributed by atoms with Gasteiger partial charge in [0.1, 0.15) is 0 Å². The summed E-state index contributed by atoms with van der Waals surface area (Å²) in [7, 11) is 1.91. The fourth-order valence-corrected chi connectivity index (χ4v) is 0.605. The molecular weight excluding hydrogens is 162 g/mol. The van der Waals surface area contributed by atoms with Crippen molar-refractivity contribution in [2.24, 2.45) is 0 Å². The van der Waals surface area contributed by atoms with Gasteiger partial charge in [0.15, 0.2) is 0 Å². The van der Waals surface area contributed by atoms with E-state index in [4.69, 9.17) is 4.79 Å². The number of hydrogen-bond acceptors (Lipinski definition) is 2. The molecule has 1 aromatic rings. The number of carbonyl (C=O) groups is 1. The van der Waals surface area contributed by atoms with E-state index in [1.807, 2.05) is 37.4 Å². The zero-order chi connectivity index (χ0) is 8.53. The second-order valence-corrected chi connectivity index (χ2v) is 1.88. The van der Waals surface area contributed by atoms with Crippen LogP contribution in [0, 0.1) is 0 Å². The van der Waals surface area contributed by atoms with Gasteiger partial charge in [0, 0.05) is 12.7 Å². The molecule has 0 amide bonds. The lowest BCUT2D eigenvalue weighted by atomic mass is 10.3. The van der Waals surface area contributed by atoms with Crippen molar-refractivity contribution in [2.75, 3.05) is 12.4 Å². The van der Waals surface area contributed by atoms with Crippen LogP contribution in [0.2, 0.25) is 0 Å². The van der Waals surface area contributed by atoms with Gasteiger partial charge in [-0.25, -0.2) is 0 Å². The van der Waals surface area contributed by atoms with Gasteiger partial charge in [0.25, 0.3) is 0 Å². The number of carbonyl (C=O) groups excluding carboxylic acids is 1. The van der Waals surface area contributed by atoms with E-state index in [9.17, 15) is 0 Å². The average molecular weight is 172 g/mol. The number of halogens is 1. The van der Waals surface area contributed by atoms with Crippen molar-refractivity contribution >= 4 is 23.0 Å². The normalized spacial score (nSPS) is 7.45. The van der Waals surface area contributed by atoms with Crippen LogP contribution in [0.15, 0.2) is 30.3 Å². The van der Waals surface area contributed by atoms with Crippen molar-refractivity contribution in [2.45, 2.75) is 0 Å². The van der Waals surface area contributed by atoms with Crippen LogP contribution in [0.3, 0.4) is 0 Å². The minimum atomic E-state index is 0.222. The number of rotatable bonds is 1. The Kier molecular flexibility index (Phi) is 6.43. The highest BCUT2D eigenvalue weighted by atomic mass is 35.5.